The Balaban J connectivity index is 1.24. The number of amides is 1. The first kappa shape index (κ1) is 17.6. The van der Waals surface area contributed by atoms with E-state index in [0.29, 0.717) is 17.5 Å². The van der Waals surface area contributed by atoms with E-state index in [-0.39, 0.29) is 5.91 Å². The van der Waals surface area contributed by atoms with Crippen molar-refractivity contribution in [3.05, 3.63) is 54.4 Å². The summed E-state index contributed by atoms with van der Waals surface area (Å²) in [6.45, 7) is 3.46. The van der Waals surface area contributed by atoms with Gasteiger partial charge in [-0.15, -0.1) is 0 Å². The van der Waals surface area contributed by atoms with Crippen molar-refractivity contribution in [1.29, 1.82) is 0 Å². The fourth-order valence-electron chi connectivity index (χ4n) is 3.03. The summed E-state index contributed by atoms with van der Waals surface area (Å²) in [5, 5.41) is 3.47. The van der Waals surface area contributed by atoms with Gasteiger partial charge in [0.1, 0.15) is 11.3 Å². The lowest BCUT2D eigenvalue weighted by Gasteiger charge is -2.08. The Bertz CT molecular complexity index is 1050. The number of nitrogens with one attached hydrogen (secondary N) is 1. The lowest BCUT2D eigenvalue weighted by molar-refractivity contribution is -0.118. The Hall–Kier alpha value is -2.80. The van der Waals surface area contributed by atoms with Gasteiger partial charge in [-0.25, -0.2) is 9.97 Å². The van der Waals surface area contributed by atoms with E-state index >= 15 is 0 Å². The molecule has 138 valence electrons. The zero-order valence-corrected chi connectivity index (χ0v) is 15.8. The van der Waals surface area contributed by atoms with Crippen LogP contribution in [-0.4, -0.2) is 32.7 Å². The Kier molecular flexibility index (Phi) is 5.11. The minimum Gasteiger partial charge on any atom is -0.431 e. The molecular weight excluding hydrogens is 360 g/mol. The van der Waals surface area contributed by atoms with Crippen molar-refractivity contribution in [2.24, 2.45) is 0 Å². The average Bonchev–Trinajstić information content (AvgIpc) is 3.23. The van der Waals surface area contributed by atoms with E-state index in [4.69, 9.17) is 4.42 Å². The van der Waals surface area contributed by atoms with Crippen molar-refractivity contribution in [3.63, 3.8) is 0 Å². The SMILES string of the molecule is Cc1nc2ccccc2n1CCCNC(=O)CSc1nc2ccccc2o1. The molecule has 4 rings (SSSR count). The maximum atomic E-state index is 12.1. The standard InChI is InChI=1S/C20H20N4O2S/c1-14-22-15-7-2-4-9-17(15)24(14)12-6-11-21-19(25)13-27-20-23-16-8-3-5-10-18(16)26-20/h2-5,7-10H,6,11-13H2,1H3,(H,21,25). The van der Waals surface area contributed by atoms with Crippen LogP contribution >= 0.6 is 11.8 Å². The third kappa shape index (κ3) is 3.98. The van der Waals surface area contributed by atoms with Crippen LogP contribution in [0.2, 0.25) is 0 Å². The number of nitrogens with zero attached hydrogens (tertiary/aromatic N) is 3. The summed E-state index contributed by atoms with van der Waals surface area (Å²) in [5.41, 5.74) is 3.69. The number of fused-ring (bicyclic) bond motifs is 2. The van der Waals surface area contributed by atoms with Crippen molar-refractivity contribution < 1.29 is 9.21 Å². The molecule has 2 aromatic heterocycles. The number of hydrogen-bond acceptors (Lipinski definition) is 5. The van der Waals surface area contributed by atoms with E-state index < -0.39 is 0 Å². The van der Waals surface area contributed by atoms with Crippen LogP contribution < -0.4 is 5.32 Å². The maximum Gasteiger partial charge on any atom is 0.257 e. The molecule has 0 atom stereocenters. The summed E-state index contributed by atoms with van der Waals surface area (Å²) < 4.78 is 7.80. The van der Waals surface area contributed by atoms with Gasteiger partial charge in [0.05, 0.1) is 16.8 Å². The molecule has 0 saturated carbocycles. The first-order chi connectivity index (χ1) is 13.2. The van der Waals surface area contributed by atoms with Gasteiger partial charge in [0.2, 0.25) is 5.91 Å². The van der Waals surface area contributed by atoms with Gasteiger partial charge in [0, 0.05) is 13.1 Å². The molecule has 0 unspecified atom stereocenters. The van der Waals surface area contributed by atoms with E-state index in [1.165, 1.54) is 11.8 Å². The van der Waals surface area contributed by atoms with Gasteiger partial charge in [0.25, 0.3) is 5.22 Å². The second kappa shape index (κ2) is 7.84. The van der Waals surface area contributed by atoms with Crippen LogP contribution in [0.25, 0.3) is 22.1 Å². The van der Waals surface area contributed by atoms with Crippen LogP contribution in [0, 0.1) is 6.92 Å². The predicted octanol–water partition coefficient (Wildman–Crippen LogP) is 3.78. The first-order valence-corrected chi connectivity index (χ1v) is 9.86. The number of hydrogen-bond donors (Lipinski definition) is 1. The van der Waals surface area contributed by atoms with Gasteiger partial charge in [-0.3, -0.25) is 4.79 Å². The number of oxazole rings is 1. The number of para-hydroxylation sites is 4. The zero-order valence-electron chi connectivity index (χ0n) is 15.0. The highest BCUT2D eigenvalue weighted by molar-refractivity contribution is 7.99. The third-order valence-electron chi connectivity index (χ3n) is 4.33. The molecule has 2 heterocycles. The van der Waals surface area contributed by atoms with Gasteiger partial charge in [-0.2, -0.15) is 0 Å². The number of rotatable bonds is 7. The minimum absolute atomic E-state index is 0.0190. The third-order valence-corrected chi connectivity index (χ3v) is 5.16. The highest BCUT2D eigenvalue weighted by atomic mass is 32.2. The minimum atomic E-state index is -0.0190. The van der Waals surface area contributed by atoms with Gasteiger partial charge in [0.15, 0.2) is 5.58 Å². The normalized spacial score (nSPS) is 11.3. The molecule has 6 nitrogen and oxygen atoms in total. The van der Waals surface area contributed by atoms with E-state index in [1.54, 1.807) is 0 Å². The van der Waals surface area contributed by atoms with E-state index in [9.17, 15) is 4.79 Å². The van der Waals surface area contributed by atoms with Crippen LogP contribution in [0.15, 0.2) is 58.2 Å². The molecule has 0 aliphatic heterocycles. The number of thioether (sulfide) groups is 1. The zero-order chi connectivity index (χ0) is 18.6. The Labute approximate surface area is 161 Å². The summed E-state index contributed by atoms with van der Waals surface area (Å²) >= 11 is 1.31. The molecule has 0 radical (unpaired) electrons. The van der Waals surface area contributed by atoms with Crippen molar-refractivity contribution in [2.75, 3.05) is 12.3 Å². The molecule has 0 fully saturated rings. The van der Waals surface area contributed by atoms with E-state index in [0.717, 1.165) is 40.9 Å². The smallest absolute Gasteiger partial charge is 0.257 e. The largest absolute Gasteiger partial charge is 0.431 e. The molecule has 4 aromatic rings. The molecule has 27 heavy (non-hydrogen) atoms. The van der Waals surface area contributed by atoms with Crippen molar-refractivity contribution >= 4 is 39.8 Å². The second-order valence-electron chi connectivity index (χ2n) is 6.24. The van der Waals surface area contributed by atoms with Crippen LogP contribution in [0.4, 0.5) is 0 Å². The number of aryl methyl sites for hydroxylation is 2. The summed E-state index contributed by atoms with van der Waals surface area (Å²) in [6.07, 6.45) is 0.848. The number of aromatic nitrogens is 3. The molecule has 1 amide bonds. The number of carbonyl (C=O) groups excluding carboxylic acids is 1. The molecule has 7 heteroatoms. The molecular formula is C20H20N4O2S. The molecule has 0 spiro atoms. The second-order valence-corrected chi connectivity index (χ2v) is 7.17. The van der Waals surface area contributed by atoms with Gasteiger partial charge in [-0.1, -0.05) is 36.0 Å². The van der Waals surface area contributed by atoms with Crippen LogP contribution in [0.3, 0.4) is 0 Å². The van der Waals surface area contributed by atoms with E-state index in [2.05, 4.69) is 25.9 Å². The summed E-state index contributed by atoms with van der Waals surface area (Å²) in [6, 6.07) is 15.7. The topological polar surface area (TPSA) is 73.0 Å². The maximum absolute atomic E-state index is 12.1. The fraction of sp³-hybridized carbons (Fsp3) is 0.250. The lowest BCUT2D eigenvalue weighted by Crippen LogP contribution is -2.26. The quantitative estimate of drug-likeness (QED) is 0.390. The Morgan fingerprint density at radius 2 is 1.89 bits per heavy atom. The number of benzene rings is 2. The molecule has 0 aliphatic rings. The summed E-state index contributed by atoms with van der Waals surface area (Å²) in [4.78, 5) is 21.0. The Morgan fingerprint density at radius 1 is 1.11 bits per heavy atom. The monoisotopic (exact) mass is 380 g/mol. The van der Waals surface area contributed by atoms with E-state index in [1.807, 2.05) is 49.4 Å². The molecule has 0 bridgehead atoms. The summed E-state index contributed by atoms with van der Waals surface area (Å²) in [5.74, 6) is 1.27. The molecule has 1 N–H and O–H groups in total. The van der Waals surface area contributed by atoms with Crippen LogP contribution in [0.1, 0.15) is 12.2 Å². The van der Waals surface area contributed by atoms with Gasteiger partial charge < -0.3 is 14.3 Å². The average molecular weight is 380 g/mol. The van der Waals surface area contributed by atoms with Gasteiger partial charge >= 0.3 is 0 Å². The molecule has 0 aliphatic carbocycles. The van der Waals surface area contributed by atoms with Crippen molar-refractivity contribution in [1.82, 2.24) is 19.9 Å². The van der Waals surface area contributed by atoms with Crippen LogP contribution in [0.5, 0.6) is 0 Å². The van der Waals surface area contributed by atoms with Crippen molar-refractivity contribution in [3.8, 4) is 0 Å². The first-order valence-electron chi connectivity index (χ1n) is 8.87. The van der Waals surface area contributed by atoms with Gasteiger partial charge in [-0.05, 0) is 37.6 Å². The lowest BCUT2D eigenvalue weighted by atomic mass is 10.3. The highest BCUT2D eigenvalue weighted by Crippen LogP contribution is 2.22. The fourth-order valence-corrected chi connectivity index (χ4v) is 3.70. The number of carbonyl (C=O) groups is 1. The molecule has 2 aromatic carbocycles. The highest BCUT2D eigenvalue weighted by Gasteiger charge is 2.09. The summed E-state index contributed by atoms with van der Waals surface area (Å²) in [7, 11) is 0. The van der Waals surface area contributed by atoms with Crippen LogP contribution in [-0.2, 0) is 11.3 Å². The molecule has 0 saturated heterocycles. The Morgan fingerprint density at radius 3 is 2.74 bits per heavy atom. The number of imidazole rings is 1. The predicted molar refractivity (Wildman–Crippen MR) is 107 cm³/mol. The van der Waals surface area contributed by atoms with Crippen molar-refractivity contribution in [2.45, 2.75) is 25.1 Å².